The van der Waals surface area contributed by atoms with Gasteiger partial charge in [-0.15, -0.1) is 0 Å². The van der Waals surface area contributed by atoms with E-state index in [1.165, 1.54) is 17.8 Å². The van der Waals surface area contributed by atoms with Gasteiger partial charge in [0.15, 0.2) is 5.69 Å². The number of hydrogen-bond acceptors (Lipinski definition) is 3. The van der Waals surface area contributed by atoms with Crippen LogP contribution in [-0.2, 0) is 24.1 Å². The molecule has 0 spiro atoms. The molecule has 3 rings (SSSR count). The summed E-state index contributed by atoms with van der Waals surface area (Å²) in [6.07, 6.45) is -1.35. The zero-order valence-corrected chi connectivity index (χ0v) is 15.6. The molecule has 0 aliphatic rings. The first-order chi connectivity index (χ1) is 13.2. The predicted octanol–water partition coefficient (Wildman–Crippen LogP) is 4.14. The number of aryl methyl sites for hydroxylation is 2. The Labute approximate surface area is 163 Å². The Morgan fingerprint density at radius 2 is 2.07 bits per heavy atom. The Balaban J connectivity index is 1.54. The zero-order valence-electron chi connectivity index (χ0n) is 14.9. The summed E-state index contributed by atoms with van der Waals surface area (Å²) < 4.78 is 40.8. The van der Waals surface area contributed by atoms with Gasteiger partial charge < -0.3 is 5.32 Å². The van der Waals surface area contributed by atoms with E-state index < -0.39 is 11.9 Å². The average Bonchev–Trinajstić information content (AvgIpc) is 3.19. The molecule has 6 nitrogen and oxygen atoms in total. The van der Waals surface area contributed by atoms with Crippen molar-refractivity contribution in [3.8, 4) is 0 Å². The van der Waals surface area contributed by atoms with Gasteiger partial charge in [-0.2, -0.15) is 23.4 Å². The van der Waals surface area contributed by atoms with Crippen molar-refractivity contribution >= 4 is 23.2 Å². The summed E-state index contributed by atoms with van der Waals surface area (Å²) in [5, 5.41) is 11.0. The molecular formula is C18H17ClF3N5O. The molecule has 0 bridgehead atoms. The van der Waals surface area contributed by atoms with E-state index in [1.54, 1.807) is 16.9 Å². The summed E-state index contributed by atoms with van der Waals surface area (Å²) in [4.78, 5) is 12.1. The summed E-state index contributed by atoms with van der Waals surface area (Å²) in [5.41, 5.74) is 0.838. The molecular weight excluding hydrogens is 395 g/mol. The number of aromatic nitrogens is 4. The van der Waals surface area contributed by atoms with Crippen LogP contribution < -0.4 is 5.32 Å². The number of halogens is 4. The fraction of sp³-hybridized carbons (Fsp3) is 0.278. The lowest BCUT2D eigenvalue weighted by atomic mass is 10.2. The second-order valence-electron chi connectivity index (χ2n) is 6.25. The number of alkyl halides is 3. The number of carbonyl (C=O) groups is 1. The van der Waals surface area contributed by atoms with Gasteiger partial charge >= 0.3 is 6.18 Å². The van der Waals surface area contributed by atoms with Crippen molar-refractivity contribution in [2.45, 2.75) is 32.6 Å². The third-order valence-corrected chi connectivity index (χ3v) is 4.21. The van der Waals surface area contributed by atoms with Crippen LogP contribution in [0.25, 0.3) is 0 Å². The molecule has 0 saturated heterocycles. The average molecular weight is 412 g/mol. The van der Waals surface area contributed by atoms with Crippen molar-refractivity contribution in [2.24, 2.45) is 0 Å². The van der Waals surface area contributed by atoms with E-state index in [4.69, 9.17) is 11.6 Å². The van der Waals surface area contributed by atoms with Crippen LogP contribution in [0.15, 0.2) is 42.7 Å². The van der Waals surface area contributed by atoms with Crippen LogP contribution in [0.2, 0.25) is 5.02 Å². The van der Waals surface area contributed by atoms with Gasteiger partial charge in [0.05, 0.1) is 18.4 Å². The number of benzene rings is 1. The number of nitrogens with one attached hydrogen (secondary N) is 1. The number of amides is 1. The number of anilines is 1. The van der Waals surface area contributed by atoms with Crippen LogP contribution in [-0.4, -0.2) is 25.5 Å². The minimum absolute atomic E-state index is 0.0146. The lowest BCUT2D eigenvalue weighted by Crippen LogP contribution is -2.16. The SMILES string of the molecule is Cc1cc(C(F)(F)F)nn1CCC(=O)Nc1cnn(Cc2cccc(Cl)c2)c1. The summed E-state index contributed by atoms with van der Waals surface area (Å²) in [5.74, 6) is -0.342. The van der Waals surface area contributed by atoms with E-state index in [0.717, 1.165) is 11.6 Å². The second kappa shape index (κ2) is 8.05. The Bertz CT molecular complexity index is 980. The Hall–Kier alpha value is -2.81. The van der Waals surface area contributed by atoms with Crippen molar-refractivity contribution in [3.05, 3.63) is 64.7 Å². The lowest BCUT2D eigenvalue weighted by molar-refractivity contribution is -0.141. The first kappa shape index (κ1) is 19.9. The standard InChI is InChI=1S/C18H17ClF3N5O/c1-12-7-16(18(20,21)22)25-27(12)6-5-17(28)24-15-9-23-26(11-15)10-13-3-2-4-14(19)8-13/h2-4,7-9,11H,5-6,10H2,1H3,(H,24,28). The van der Waals surface area contributed by atoms with Crippen molar-refractivity contribution in [1.29, 1.82) is 0 Å². The minimum atomic E-state index is -4.50. The van der Waals surface area contributed by atoms with Gasteiger partial charge in [0, 0.05) is 29.9 Å². The largest absolute Gasteiger partial charge is 0.435 e. The molecule has 0 saturated carbocycles. The van der Waals surface area contributed by atoms with Gasteiger partial charge in [0.25, 0.3) is 0 Å². The summed E-state index contributed by atoms with van der Waals surface area (Å²) in [7, 11) is 0. The maximum Gasteiger partial charge on any atom is 0.435 e. The molecule has 1 N–H and O–H groups in total. The molecule has 148 valence electrons. The second-order valence-corrected chi connectivity index (χ2v) is 6.68. The topological polar surface area (TPSA) is 64.7 Å². The number of hydrogen-bond donors (Lipinski definition) is 1. The van der Waals surface area contributed by atoms with Crippen LogP contribution in [0.3, 0.4) is 0 Å². The highest BCUT2D eigenvalue weighted by atomic mass is 35.5. The number of carbonyl (C=O) groups excluding carboxylic acids is 1. The molecule has 0 aliphatic heterocycles. The quantitative estimate of drug-likeness (QED) is 0.663. The fourth-order valence-electron chi connectivity index (χ4n) is 2.64. The van der Waals surface area contributed by atoms with Crippen molar-refractivity contribution < 1.29 is 18.0 Å². The van der Waals surface area contributed by atoms with E-state index in [0.29, 0.717) is 22.9 Å². The number of nitrogens with zero attached hydrogens (tertiary/aromatic N) is 4. The molecule has 10 heteroatoms. The highest BCUT2D eigenvalue weighted by Crippen LogP contribution is 2.28. The third-order valence-electron chi connectivity index (χ3n) is 3.97. The van der Waals surface area contributed by atoms with E-state index >= 15 is 0 Å². The smallest absolute Gasteiger partial charge is 0.323 e. The van der Waals surface area contributed by atoms with Crippen molar-refractivity contribution in [2.75, 3.05) is 5.32 Å². The molecule has 0 aliphatic carbocycles. The molecule has 1 amide bonds. The Morgan fingerprint density at radius 1 is 1.29 bits per heavy atom. The molecule has 2 heterocycles. The summed E-state index contributed by atoms with van der Waals surface area (Å²) >= 11 is 5.95. The minimum Gasteiger partial charge on any atom is -0.323 e. The highest BCUT2D eigenvalue weighted by Gasteiger charge is 2.34. The van der Waals surface area contributed by atoms with E-state index in [2.05, 4.69) is 15.5 Å². The van der Waals surface area contributed by atoms with Gasteiger partial charge in [0.1, 0.15) is 0 Å². The molecule has 0 atom stereocenters. The van der Waals surface area contributed by atoms with Gasteiger partial charge in [-0.1, -0.05) is 23.7 Å². The molecule has 0 unspecified atom stereocenters. The first-order valence-corrected chi connectivity index (χ1v) is 8.77. The van der Waals surface area contributed by atoms with Gasteiger partial charge in [-0.05, 0) is 30.7 Å². The highest BCUT2D eigenvalue weighted by molar-refractivity contribution is 6.30. The molecule has 2 aromatic heterocycles. The maximum absolute atomic E-state index is 12.7. The van der Waals surface area contributed by atoms with Gasteiger partial charge in [-0.3, -0.25) is 14.2 Å². The fourth-order valence-corrected chi connectivity index (χ4v) is 2.86. The maximum atomic E-state index is 12.7. The van der Waals surface area contributed by atoms with E-state index in [1.807, 2.05) is 18.2 Å². The first-order valence-electron chi connectivity index (χ1n) is 8.39. The van der Waals surface area contributed by atoms with E-state index in [-0.39, 0.29) is 18.9 Å². The zero-order chi connectivity index (χ0) is 20.3. The predicted molar refractivity (Wildman–Crippen MR) is 98.0 cm³/mol. The summed E-state index contributed by atoms with van der Waals surface area (Å²) in [6, 6.07) is 8.30. The Morgan fingerprint density at radius 3 is 2.75 bits per heavy atom. The monoisotopic (exact) mass is 411 g/mol. The molecule has 1 aromatic carbocycles. The summed E-state index contributed by atoms with van der Waals surface area (Å²) in [6.45, 7) is 2.05. The van der Waals surface area contributed by atoms with E-state index in [9.17, 15) is 18.0 Å². The molecule has 0 radical (unpaired) electrons. The van der Waals surface area contributed by atoms with Crippen LogP contribution in [0, 0.1) is 6.92 Å². The van der Waals surface area contributed by atoms with Crippen LogP contribution >= 0.6 is 11.6 Å². The molecule has 3 aromatic rings. The molecule has 28 heavy (non-hydrogen) atoms. The van der Waals surface area contributed by atoms with Crippen molar-refractivity contribution in [1.82, 2.24) is 19.6 Å². The van der Waals surface area contributed by atoms with Gasteiger partial charge in [-0.25, -0.2) is 0 Å². The normalized spacial score (nSPS) is 11.6. The molecule has 0 fully saturated rings. The van der Waals surface area contributed by atoms with Crippen LogP contribution in [0.1, 0.15) is 23.4 Å². The lowest BCUT2D eigenvalue weighted by Gasteiger charge is -2.05. The third kappa shape index (κ3) is 5.13. The van der Waals surface area contributed by atoms with Crippen LogP contribution in [0.5, 0.6) is 0 Å². The van der Waals surface area contributed by atoms with Crippen molar-refractivity contribution in [3.63, 3.8) is 0 Å². The Kier molecular flexibility index (Phi) is 5.73. The van der Waals surface area contributed by atoms with Crippen LogP contribution in [0.4, 0.5) is 18.9 Å². The van der Waals surface area contributed by atoms with Gasteiger partial charge in [0.2, 0.25) is 5.91 Å². The number of rotatable bonds is 6.